The minimum Gasteiger partial charge on any atom is -0.504 e. The third-order valence-corrected chi connectivity index (χ3v) is 3.57. The summed E-state index contributed by atoms with van der Waals surface area (Å²) in [6, 6.07) is 11.7. The van der Waals surface area contributed by atoms with Gasteiger partial charge in [0.25, 0.3) is 0 Å². The molecule has 0 aromatic heterocycles. The van der Waals surface area contributed by atoms with E-state index in [2.05, 4.69) is 27.6 Å². The molecule has 3 nitrogen and oxygen atoms in total. The zero-order valence-electron chi connectivity index (χ0n) is 11.4. The molecule has 104 valence electrons. The van der Waals surface area contributed by atoms with Gasteiger partial charge in [0.15, 0.2) is 11.5 Å². The molecule has 4 heteroatoms. The van der Waals surface area contributed by atoms with Crippen molar-refractivity contribution < 1.29 is 9.84 Å². The molecule has 2 rings (SSSR count). The van der Waals surface area contributed by atoms with Crippen molar-refractivity contribution >= 4 is 34.5 Å². The fraction of sp³-hybridized carbons (Fsp3) is 0.188. The molecule has 0 unspecified atom stereocenters. The predicted octanol–water partition coefficient (Wildman–Crippen LogP) is 4.45. The summed E-state index contributed by atoms with van der Waals surface area (Å²) in [5.41, 5.74) is 3.01. The zero-order valence-corrected chi connectivity index (χ0v) is 13.6. The number of halogens is 1. The molecule has 2 aromatic carbocycles. The van der Waals surface area contributed by atoms with Crippen molar-refractivity contribution in [2.24, 2.45) is 4.99 Å². The number of phenolic OH excluding ortho intramolecular Hbond substituents is 1. The van der Waals surface area contributed by atoms with Crippen LogP contribution >= 0.6 is 22.6 Å². The van der Waals surface area contributed by atoms with Gasteiger partial charge in [0.05, 0.1) is 15.9 Å². The Balaban J connectivity index is 2.26. The molecule has 0 spiro atoms. The van der Waals surface area contributed by atoms with E-state index in [-0.39, 0.29) is 5.75 Å². The number of hydrogen-bond acceptors (Lipinski definition) is 3. The Bertz CT molecular complexity index is 621. The minimum absolute atomic E-state index is 0.180. The molecule has 2 aromatic rings. The molecular formula is C16H16INO2. The van der Waals surface area contributed by atoms with Crippen molar-refractivity contribution in [3.8, 4) is 11.5 Å². The van der Waals surface area contributed by atoms with E-state index in [0.717, 1.165) is 14.8 Å². The Kier molecular flexibility index (Phi) is 5.00. The third kappa shape index (κ3) is 3.72. The first-order chi connectivity index (χ1) is 9.60. The van der Waals surface area contributed by atoms with Crippen molar-refractivity contribution in [2.45, 2.75) is 13.8 Å². The number of rotatable bonds is 4. The molecule has 0 saturated carbocycles. The van der Waals surface area contributed by atoms with E-state index in [9.17, 15) is 5.11 Å². The largest absolute Gasteiger partial charge is 0.504 e. The second-order valence-electron chi connectivity index (χ2n) is 4.38. The first kappa shape index (κ1) is 14.8. The minimum atomic E-state index is 0.180. The summed E-state index contributed by atoms with van der Waals surface area (Å²) in [5, 5.41) is 9.89. The topological polar surface area (TPSA) is 41.8 Å². The van der Waals surface area contributed by atoms with Crippen molar-refractivity contribution in [3.63, 3.8) is 0 Å². The molecule has 0 aliphatic heterocycles. The van der Waals surface area contributed by atoms with Crippen LogP contribution < -0.4 is 4.74 Å². The number of phenols is 1. The van der Waals surface area contributed by atoms with E-state index >= 15 is 0 Å². The maximum Gasteiger partial charge on any atom is 0.171 e. The highest BCUT2D eigenvalue weighted by atomic mass is 127. The number of nitrogens with zero attached hydrogens (tertiary/aromatic N) is 1. The van der Waals surface area contributed by atoms with Crippen LogP contribution in [0.25, 0.3) is 0 Å². The van der Waals surface area contributed by atoms with E-state index in [1.807, 2.05) is 44.2 Å². The second-order valence-corrected chi connectivity index (χ2v) is 5.54. The molecule has 20 heavy (non-hydrogen) atoms. The average Bonchev–Trinajstić information content (AvgIpc) is 2.44. The summed E-state index contributed by atoms with van der Waals surface area (Å²) in [7, 11) is 0. The molecular weight excluding hydrogens is 365 g/mol. The van der Waals surface area contributed by atoms with Crippen LogP contribution in [0.3, 0.4) is 0 Å². The lowest BCUT2D eigenvalue weighted by atomic mass is 10.2. The number of benzene rings is 2. The van der Waals surface area contributed by atoms with Crippen molar-refractivity contribution in [1.29, 1.82) is 0 Å². The van der Waals surface area contributed by atoms with E-state index in [1.165, 1.54) is 5.56 Å². The van der Waals surface area contributed by atoms with Gasteiger partial charge in [-0.1, -0.05) is 17.7 Å². The Morgan fingerprint density at radius 1 is 1.25 bits per heavy atom. The van der Waals surface area contributed by atoms with Gasteiger partial charge >= 0.3 is 0 Å². The fourth-order valence-electron chi connectivity index (χ4n) is 1.71. The number of hydrogen-bond donors (Lipinski definition) is 1. The quantitative estimate of drug-likeness (QED) is 0.628. The number of ether oxygens (including phenoxy) is 1. The Morgan fingerprint density at radius 3 is 2.60 bits per heavy atom. The molecule has 0 bridgehead atoms. The highest BCUT2D eigenvalue weighted by Crippen LogP contribution is 2.32. The van der Waals surface area contributed by atoms with Crippen molar-refractivity contribution in [3.05, 3.63) is 51.1 Å². The number of aryl methyl sites for hydroxylation is 1. The lowest BCUT2D eigenvalue weighted by molar-refractivity contribution is 0.317. The molecule has 0 saturated heterocycles. The van der Waals surface area contributed by atoms with Gasteiger partial charge in [-0.15, -0.1) is 0 Å². The van der Waals surface area contributed by atoms with Gasteiger partial charge in [0, 0.05) is 6.21 Å². The van der Waals surface area contributed by atoms with Crippen LogP contribution in [0.15, 0.2) is 41.4 Å². The first-order valence-electron chi connectivity index (χ1n) is 6.36. The highest BCUT2D eigenvalue weighted by Gasteiger charge is 2.08. The molecule has 0 amide bonds. The molecule has 1 N–H and O–H groups in total. The van der Waals surface area contributed by atoms with Crippen molar-refractivity contribution in [1.82, 2.24) is 0 Å². The van der Waals surface area contributed by atoms with Gasteiger partial charge in [-0.05, 0) is 66.3 Å². The van der Waals surface area contributed by atoms with Gasteiger partial charge < -0.3 is 9.84 Å². The highest BCUT2D eigenvalue weighted by molar-refractivity contribution is 14.1. The van der Waals surface area contributed by atoms with Gasteiger partial charge in [-0.2, -0.15) is 0 Å². The van der Waals surface area contributed by atoms with Gasteiger partial charge in [-0.3, -0.25) is 4.99 Å². The molecule has 0 aliphatic carbocycles. The van der Waals surface area contributed by atoms with Crippen LogP contribution in [0.1, 0.15) is 18.1 Å². The van der Waals surface area contributed by atoms with Gasteiger partial charge in [0.1, 0.15) is 0 Å². The summed E-state index contributed by atoms with van der Waals surface area (Å²) in [4.78, 5) is 4.42. The van der Waals surface area contributed by atoms with Crippen LogP contribution in [-0.2, 0) is 0 Å². The molecule has 0 radical (unpaired) electrons. The van der Waals surface area contributed by atoms with Gasteiger partial charge in [0.2, 0.25) is 0 Å². The van der Waals surface area contributed by atoms with Crippen LogP contribution in [0.2, 0.25) is 0 Å². The summed E-state index contributed by atoms with van der Waals surface area (Å²) in [6.45, 7) is 4.45. The van der Waals surface area contributed by atoms with Crippen LogP contribution in [0.5, 0.6) is 11.5 Å². The Hall–Kier alpha value is -1.56. The Labute approximate surface area is 132 Å². The average molecular weight is 381 g/mol. The summed E-state index contributed by atoms with van der Waals surface area (Å²) in [6.07, 6.45) is 1.77. The van der Waals surface area contributed by atoms with E-state index in [1.54, 1.807) is 12.3 Å². The second kappa shape index (κ2) is 6.74. The van der Waals surface area contributed by atoms with Crippen LogP contribution in [-0.4, -0.2) is 17.9 Å². The van der Waals surface area contributed by atoms with E-state index < -0.39 is 0 Å². The summed E-state index contributed by atoms with van der Waals surface area (Å²) >= 11 is 2.08. The summed E-state index contributed by atoms with van der Waals surface area (Å²) in [5.74, 6) is 0.671. The third-order valence-electron chi connectivity index (χ3n) is 2.75. The maximum absolute atomic E-state index is 9.89. The monoisotopic (exact) mass is 381 g/mol. The smallest absolute Gasteiger partial charge is 0.171 e. The summed E-state index contributed by atoms with van der Waals surface area (Å²) < 4.78 is 6.16. The standard InChI is InChI=1S/C16H16INO2/c1-3-20-15-9-12(8-14(17)16(15)19)10-18-13-6-4-11(2)5-7-13/h4-10,19H,3H2,1-2H3. The van der Waals surface area contributed by atoms with Gasteiger partial charge in [-0.25, -0.2) is 0 Å². The number of aromatic hydroxyl groups is 1. The number of aliphatic imine (C=N–C) groups is 1. The zero-order chi connectivity index (χ0) is 14.5. The van der Waals surface area contributed by atoms with Crippen LogP contribution in [0.4, 0.5) is 5.69 Å². The molecule has 0 heterocycles. The first-order valence-corrected chi connectivity index (χ1v) is 7.44. The Morgan fingerprint density at radius 2 is 1.95 bits per heavy atom. The van der Waals surface area contributed by atoms with E-state index in [4.69, 9.17) is 4.74 Å². The fourth-order valence-corrected chi connectivity index (χ4v) is 2.34. The van der Waals surface area contributed by atoms with Crippen LogP contribution in [0, 0.1) is 10.5 Å². The SMILES string of the molecule is CCOc1cc(C=Nc2ccc(C)cc2)cc(I)c1O. The van der Waals surface area contributed by atoms with Crippen molar-refractivity contribution in [2.75, 3.05) is 6.61 Å². The van der Waals surface area contributed by atoms with E-state index in [0.29, 0.717) is 12.4 Å². The lowest BCUT2D eigenvalue weighted by Crippen LogP contribution is -1.95. The predicted molar refractivity (Wildman–Crippen MR) is 90.4 cm³/mol. The normalized spacial score (nSPS) is 10.9. The lowest BCUT2D eigenvalue weighted by Gasteiger charge is -2.08. The molecule has 0 aliphatic rings. The molecule has 0 atom stereocenters. The maximum atomic E-state index is 9.89. The molecule has 0 fully saturated rings.